The molecule has 0 amide bonds. The number of thioether (sulfide) groups is 2. The van der Waals surface area contributed by atoms with Crippen molar-refractivity contribution in [3.63, 3.8) is 0 Å². The van der Waals surface area contributed by atoms with Gasteiger partial charge in [-0.2, -0.15) is 0 Å². The van der Waals surface area contributed by atoms with Crippen LogP contribution in [0.25, 0.3) is 0 Å². The van der Waals surface area contributed by atoms with Gasteiger partial charge in [-0.25, -0.2) is 15.0 Å². The van der Waals surface area contributed by atoms with Crippen LogP contribution in [0.5, 0.6) is 0 Å². The maximum Gasteiger partial charge on any atom is 0.191 e. The van der Waals surface area contributed by atoms with Crippen LogP contribution in [0.15, 0.2) is 113 Å². The van der Waals surface area contributed by atoms with Gasteiger partial charge in [-0.3, -0.25) is 29.9 Å². The van der Waals surface area contributed by atoms with E-state index in [1.54, 1.807) is 18.7 Å². The van der Waals surface area contributed by atoms with Gasteiger partial charge in [0, 0.05) is 89.9 Å². The Morgan fingerprint density at radius 2 is 0.735 bits per heavy atom. The molecule has 1 saturated heterocycles. The highest BCUT2D eigenvalue weighted by atomic mass is 32.2. The van der Waals surface area contributed by atoms with Crippen molar-refractivity contribution in [2.24, 2.45) is 77.8 Å². The minimum atomic E-state index is -0.223. The fourth-order valence-electron chi connectivity index (χ4n) is 12.8. The fourth-order valence-corrected chi connectivity index (χ4v) is 15.0. The summed E-state index contributed by atoms with van der Waals surface area (Å²) in [5.74, 6) is 5.38. The topological polar surface area (TPSA) is 130 Å². The zero-order chi connectivity index (χ0) is 81.9. The molecule has 0 saturated carbocycles. The molecule has 9 heterocycles. The van der Waals surface area contributed by atoms with Crippen LogP contribution in [-0.2, 0) is 9.47 Å². The second-order valence-corrected chi connectivity index (χ2v) is 42.0. The number of hydrogen-bond acceptors (Lipinski definition) is 16. The van der Waals surface area contributed by atoms with Gasteiger partial charge in [0.05, 0.1) is 71.6 Å². The van der Waals surface area contributed by atoms with Gasteiger partial charge in [-0.05, 0) is 264 Å². The van der Waals surface area contributed by atoms with E-state index in [9.17, 15) is 0 Å². The van der Waals surface area contributed by atoms with Crippen molar-refractivity contribution in [2.75, 3.05) is 28.2 Å². The Hall–Kier alpha value is -4.54. The number of hydrogen-bond donors (Lipinski definition) is 0. The summed E-state index contributed by atoms with van der Waals surface area (Å²) in [6, 6.07) is 0. The summed E-state index contributed by atoms with van der Waals surface area (Å²) in [6.45, 7) is 119. The Morgan fingerprint density at radius 1 is 0.353 bits per heavy atom. The van der Waals surface area contributed by atoms with Crippen molar-refractivity contribution in [1.29, 1.82) is 0 Å². The first-order chi connectivity index (χ1) is 44.6. The molecular formula is C86H156N12O2S2. The van der Waals surface area contributed by atoms with E-state index in [-0.39, 0.29) is 87.3 Å². The number of rotatable bonds is 0. The van der Waals surface area contributed by atoms with Gasteiger partial charge in [0.1, 0.15) is 17.2 Å². The largest absolute Gasteiger partial charge is 0.473 e. The third kappa shape index (κ3) is 18.7. The maximum atomic E-state index is 5.51. The Balaban J connectivity index is 0.000000575. The first kappa shape index (κ1) is 95.5. The standard InChI is InChI=1S/C13H27N.C11H21N.C10H16N2.2C9H18N2.C9H13NO.C9H13NS.C8H15NO.C8H15NS/c1-10(2)11(3,4)13(7,8)14(9)12(10,5)6;1-8-9(2,3)10(4,5)11(6,7)12-8;1-7-10(4,5)8(2)12(6)9(3)11-7;2*1-7-10-8(2,3)9(4,5)11(7)6;2*1-6-9(4,5)7(2)11-8(3)10-6;2*1-6-9-7(2,3)8(4,5)10-6/h1-9H3;1-7H3;1-2H2,3-6H3;2*1-6H3;2*1-2H2,3-5H3;2*1-5H3. The van der Waals surface area contributed by atoms with Gasteiger partial charge < -0.3 is 24.2 Å². The normalized spacial score (nSPS) is 27.0. The van der Waals surface area contributed by atoms with Crippen molar-refractivity contribution < 1.29 is 9.47 Å². The molecule has 1 fully saturated rings. The summed E-state index contributed by atoms with van der Waals surface area (Å²) >= 11 is 3.53. The van der Waals surface area contributed by atoms with Gasteiger partial charge in [-0.1, -0.05) is 107 Å². The molecule has 9 rings (SSSR count). The first-order valence-corrected chi connectivity index (χ1v) is 38.5. The average Bonchev–Trinajstić information content (AvgIpc) is 1.53. The highest BCUT2D eigenvalue weighted by Crippen LogP contribution is 2.63. The summed E-state index contributed by atoms with van der Waals surface area (Å²) in [5.41, 5.74) is 6.60. The Morgan fingerprint density at radius 3 is 0.941 bits per heavy atom. The van der Waals surface area contributed by atoms with E-state index in [1.807, 2.05) is 58.3 Å². The van der Waals surface area contributed by atoms with Gasteiger partial charge in [-0.15, -0.1) is 11.8 Å². The second-order valence-electron chi connectivity index (χ2n) is 38.9. The fraction of sp³-hybridized carbons (Fsp3) is 0.767. The number of amidine groups is 3. The molecule has 0 aromatic rings. The minimum Gasteiger partial charge on any atom is -0.473 e. The molecule has 0 bridgehead atoms. The lowest BCUT2D eigenvalue weighted by Gasteiger charge is -2.45. The molecule has 9 aliphatic heterocycles. The number of likely N-dealkylation sites (N-methyl/N-ethyl adjacent to an activating group) is 2. The monoisotopic (exact) mass is 1450 g/mol. The second kappa shape index (κ2) is 30.6. The summed E-state index contributed by atoms with van der Waals surface area (Å²) in [7, 11) is 8.45. The van der Waals surface area contributed by atoms with E-state index < -0.39 is 0 Å². The van der Waals surface area contributed by atoms with Crippen LogP contribution in [-0.4, -0.2) is 153 Å². The number of aliphatic imine (C=N–C) groups is 8. The Labute approximate surface area is 637 Å². The highest BCUT2D eigenvalue weighted by Gasteiger charge is 2.65. The van der Waals surface area contributed by atoms with E-state index in [0.29, 0.717) is 16.7 Å². The van der Waals surface area contributed by atoms with Crippen LogP contribution in [0, 0.1) is 37.9 Å². The number of nitrogens with zero attached hydrogens (tertiary/aromatic N) is 12. The van der Waals surface area contributed by atoms with Crippen molar-refractivity contribution in [3.8, 4) is 0 Å². The predicted octanol–water partition coefficient (Wildman–Crippen LogP) is 23.4. The molecule has 0 atom stereocenters. The van der Waals surface area contributed by atoms with Crippen molar-refractivity contribution in [3.05, 3.63) is 72.9 Å². The number of allylic oxidation sites excluding steroid dienone is 1. The van der Waals surface area contributed by atoms with Crippen LogP contribution < -0.4 is 0 Å². The van der Waals surface area contributed by atoms with E-state index in [1.165, 1.54) is 10.8 Å². The molecule has 14 nitrogen and oxygen atoms in total. The molecule has 0 unspecified atom stereocenters. The van der Waals surface area contributed by atoms with Gasteiger partial charge in [0.25, 0.3) is 0 Å². The predicted molar refractivity (Wildman–Crippen MR) is 459 cm³/mol. The number of ether oxygens (including phenoxy) is 2. The Kier molecular flexibility index (Phi) is 28.6. The van der Waals surface area contributed by atoms with Crippen LogP contribution in [0.3, 0.4) is 0 Å². The molecule has 0 aromatic heterocycles. The summed E-state index contributed by atoms with van der Waals surface area (Å²) in [4.78, 5) is 45.8. The lowest BCUT2D eigenvalue weighted by molar-refractivity contribution is 0.0608. The van der Waals surface area contributed by atoms with Crippen LogP contribution >= 0.6 is 23.5 Å². The van der Waals surface area contributed by atoms with E-state index in [4.69, 9.17) is 14.5 Å². The average molecular weight is 1450 g/mol. The molecule has 0 N–H and O–H groups in total. The van der Waals surface area contributed by atoms with Crippen molar-refractivity contribution in [2.45, 2.75) is 365 Å². The third-order valence-corrected chi connectivity index (χ3v) is 31.0. The molecular weight excluding hydrogens is 1300 g/mol. The summed E-state index contributed by atoms with van der Waals surface area (Å²) < 4.78 is 11.1. The maximum absolute atomic E-state index is 5.51. The summed E-state index contributed by atoms with van der Waals surface area (Å²) in [6.07, 6.45) is 0. The highest BCUT2D eigenvalue weighted by molar-refractivity contribution is 8.17. The summed E-state index contributed by atoms with van der Waals surface area (Å²) in [5, 5.41) is 2.26. The lowest BCUT2D eigenvalue weighted by Crippen LogP contribution is -2.50. The zero-order valence-electron chi connectivity index (χ0n) is 75.2. The molecule has 16 heteroatoms. The molecule has 0 spiro atoms. The molecule has 102 heavy (non-hydrogen) atoms. The Bertz CT molecular complexity index is 3270. The van der Waals surface area contributed by atoms with Crippen LogP contribution in [0.2, 0.25) is 0 Å². The zero-order valence-corrected chi connectivity index (χ0v) is 76.9. The van der Waals surface area contributed by atoms with E-state index >= 15 is 0 Å². The van der Waals surface area contributed by atoms with Crippen molar-refractivity contribution in [1.82, 2.24) is 19.6 Å². The van der Waals surface area contributed by atoms with Gasteiger partial charge >= 0.3 is 0 Å². The first-order valence-electron chi connectivity index (χ1n) is 36.9. The quantitative estimate of drug-likeness (QED) is 0.234. The van der Waals surface area contributed by atoms with Crippen molar-refractivity contribution >= 4 is 68.6 Å². The van der Waals surface area contributed by atoms with E-state index in [0.717, 1.165) is 61.9 Å². The SMILES string of the molecule is C=C1N=C(C)N(C)C(=C)C1(C)C.C=C1N=C(C)OC(=C)C1(C)C.C=C1N=C(C)SC(=C)C1(C)C.CC1=NC(C)(C)C(C)(C)C1(C)C.CC1=NC(C)(C)C(C)(C)N1C.CC1=NC(C)(C)C(C)(C)N1C.CC1=NC(C)(C)C(C)(C)O1.CC1=NC(C)(C)C(C)(C)S1.CN1C(C)(C)C(C)(C)C(C)(C)C1(C)C. The number of likely N-dealkylation sites (tertiary alicyclic amines) is 1. The van der Waals surface area contributed by atoms with Crippen LogP contribution in [0.1, 0.15) is 305 Å². The smallest absolute Gasteiger partial charge is 0.191 e. The van der Waals surface area contributed by atoms with E-state index in [2.05, 4.69) is 373 Å². The van der Waals surface area contributed by atoms with Gasteiger partial charge in [0.15, 0.2) is 11.8 Å². The van der Waals surface area contributed by atoms with Gasteiger partial charge in [0.2, 0.25) is 0 Å². The lowest BCUT2D eigenvalue weighted by atomic mass is 9.57. The third-order valence-electron chi connectivity index (χ3n) is 28.5. The molecule has 9 aliphatic rings. The molecule has 584 valence electrons. The minimum absolute atomic E-state index is 0.0375. The molecule has 0 aromatic carbocycles. The van der Waals surface area contributed by atoms with Crippen LogP contribution in [0.4, 0.5) is 0 Å². The molecule has 0 radical (unpaired) electrons. The molecule has 0 aliphatic carbocycles.